The van der Waals surface area contributed by atoms with E-state index in [0.717, 1.165) is 5.01 Å². The highest BCUT2D eigenvalue weighted by molar-refractivity contribution is 5.86. The lowest BCUT2D eigenvalue weighted by molar-refractivity contribution is 0.117. The molecule has 104 valence electrons. The summed E-state index contributed by atoms with van der Waals surface area (Å²) >= 11 is 0. The van der Waals surface area contributed by atoms with Crippen LogP contribution in [0.4, 0.5) is 4.79 Å². The fourth-order valence-corrected chi connectivity index (χ4v) is 1.59. The van der Waals surface area contributed by atoms with Crippen LogP contribution in [0.3, 0.4) is 0 Å². The Morgan fingerprint density at radius 1 is 1.45 bits per heavy atom. The summed E-state index contributed by atoms with van der Waals surface area (Å²) in [6.45, 7) is 1.96. The summed E-state index contributed by atoms with van der Waals surface area (Å²) in [6.07, 6.45) is 2.00. The molecule has 2 aromatic rings. The summed E-state index contributed by atoms with van der Waals surface area (Å²) in [7, 11) is 1.44. The van der Waals surface area contributed by atoms with Crippen molar-refractivity contribution in [3.05, 3.63) is 46.3 Å². The van der Waals surface area contributed by atoms with Crippen molar-refractivity contribution >= 4 is 23.3 Å². The highest BCUT2D eigenvalue weighted by Crippen LogP contribution is 2.09. The van der Waals surface area contributed by atoms with Crippen LogP contribution in [0.2, 0.25) is 0 Å². The zero-order valence-electron chi connectivity index (χ0n) is 11.2. The Kier molecular flexibility index (Phi) is 4.14. The van der Waals surface area contributed by atoms with Crippen molar-refractivity contribution in [3.8, 4) is 0 Å². The van der Waals surface area contributed by atoms with Gasteiger partial charge in [0, 0.05) is 7.05 Å². The van der Waals surface area contributed by atoms with E-state index < -0.39 is 6.09 Å². The normalized spacial score (nSPS) is 10.9. The van der Waals surface area contributed by atoms with Gasteiger partial charge in [0.2, 0.25) is 5.43 Å². The van der Waals surface area contributed by atoms with Crippen LogP contribution in [0.15, 0.2) is 44.8 Å². The molecule has 0 bridgehead atoms. The molecule has 0 saturated heterocycles. The maximum Gasteiger partial charge on any atom is 0.430 e. The molecule has 1 aromatic heterocycles. The molecule has 0 aliphatic heterocycles. The summed E-state index contributed by atoms with van der Waals surface area (Å²) in [5.41, 5.74) is 0.570. The summed E-state index contributed by atoms with van der Waals surface area (Å²) < 4.78 is 10.1. The molecule has 0 atom stereocenters. The average molecular weight is 274 g/mol. The van der Waals surface area contributed by atoms with Crippen LogP contribution >= 0.6 is 0 Å². The standard InChI is InChI=1S/C14H14N2O4/c1-3-19-14(18)16(2)15-8-10-9-20-12-7-5-4-6-11(12)13(10)17/h4-9H,3H2,1-2H3/b15-8-. The third-order valence-corrected chi connectivity index (χ3v) is 2.61. The third kappa shape index (κ3) is 2.85. The number of amides is 1. The van der Waals surface area contributed by atoms with Gasteiger partial charge in [0.15, 0.2) is 0 Å². The van der Waals surface area contributed by atoms with Crippen LogP contribution in [0.25, 0.3) is 11.0 Å². The van der Waals surface area contributed by atoms with Gasteiger partial charge >= 0.3 is 6.09 Å². The van der Waals surface area contributed by atoms with E-state index in [1.54, 1.807) is 31.2 Å². The largest absolute Gasteiger partial charge is 0.463 e. The summed E-state index contributed by atoms with van der Waals surface area (Å²) in [5, 5.41) is 5.33. The van der Waals surface area contributed by atoms with Crippen LogP contribution in [0.5, 0.6) is 0 Å². The minimum atomic E-state index is -0.589. The van der Waals surface area contributed by atoms with E-state index in [1.807, 2.05) is 0 Å². The highest BCUT2D eigenvalue weighted by atomic mass is 16.6. The SMILES string of the molecule is CCOC(=O)N(C)/N=C\c1coc2ccccc2c1=O. The molecule has 0 spiro atoms. The molecule has 20 heavy (non-hydrogen) atoms. The lowest BCUT2D eigenvalue weighted by atomic mass is 10.2. The number of benzene rings is 1. The first-order valence-corrected chi connectivity index (χ1v) is 6.08. The van der Waals surface area contributed by atoms with Crippen molar-refractivity contribution in [2.24, 2.45) is 5.10 Å². The Morgan fingerprint density at radius 3 is 2.95 bits per heavy atom. The van der Waals surface area contributed by atoms with Gasteiger partial charge in [0.05, 0.1) is 23.8 Å². The van der Waals surface area contributed by atoms with Crippen molar-refractivity contribution in [2.45, 2.75) is 6.92 Å². The first kappa shape index (κ1) is 13.8. The number of nitrogens with zero attached hydrogens (tertiary/aromatic N) is 2. The van der Waals surface area contributed by atoms with Crippen molar-refractivity contribution in [3.63, 3.8) is 0 Å². The number of para-hydroxylation sites is 1. The van der Waals surface area contributed by atoms with Gasteiger partial charge in [-0.25, -0.2) is 9.80 Å². The van der Waals surface area contributed by atoms with Crippen molar-refractivity contribution in [2.75, 3.05) is 13.7 Å². The Labute approximate surface area is 115 Å². The van der Waals surface area contributed by atoms with Crippen LogP contribution in [-0.2, 0) is 4.74 Å². The zero-order valence-corrected chi connectivity index (χ0v) is 11.2. The Bertz CT molecular complexity index is 706. The van der Waals surface area contributed by atoms with Gasteiger partial charge in [0.1, 0.15) is 11.8 Å². The number of carbonyl (C=O) groups excluding carboxylic acids is 1. The maximum atomic E-state index is 12.2. The average Bonchev–Trinajstić information content (AvgIpc) is 2.47. The third-order valence-electron chi connectivity index (χ3n) is 2.61. The van der Waals surface area contributed by atoms with Crippen LogP contribution in [-0.4, -0.2) is 31.0 Å². The minimum absolute atomic E-state index is 0.201. The molecule has 6 heteroatoms. The second-order valence-electron chi connectivity index (χ2n) is 3.98. The fourth-order valence-electron chi connectivity index (χ4n) is 1.59. The predicted molar refractivity (Wildman–Crippen MR) is 74.9 cm³/mol. The van der Waals surface area contributed by atoms with E-state index in [2.05, 4.69) is 5.10 Å². The predicted octanol–water partition coefficient (Wildman–Crippen LogP) is 2.22. The molecule has 1 heterocycles. The van der Waals surface area contributed by atoms with E-state index in [1.165, 1.54) is 19.5 Å². The molecule has 0 unspecified atom stereocenters. The Hall–Kier alpha value is -2.63. The molecule has 1 amide bonds. The number of carbonyl (C=O) groups is 1. The number of hydrogen-bond donors (Lipinski definition) is 0. The summed E-state index contributed by atoms with van der Waals surface area (Å²) in [6, 6.07) is 6.93. The van der Waals surface area contributed by atoms with Crippen molar-refractivity contribution in [1.82, 2.24) is 5.01 Å². The second kappa shape index (κ2) is 6.01. The molecule has 0 fully saturated rings. The molecular formula is C14H14N2O4. The minimum Gasteiger partial charge on any atom is -0.463 e. The van der Waals surface area contributed by atoms with Crippen LogP contribution in [0, 0.1) is 0 Å². The van der Waals surface area contributed by atoms with Gasteiger partial charge in [-0.1, -0.05) is 12.1 Å². The first-order chi connectivity index (χ1) is 9.63. The molecule has 0 saturated carbocycles. The van der Waals surface area contributed by atoms with Gasteiger partial charge in [0.25, 0.3) is 0 Å². The molecule has 0 radical (unpaired) electrons. The zero-order chi connectivity index (χ0) is 14.5. The lowest BCUT2D eigenvalue weighted by Gasteiger charge is -2.09. The molecule has 6 nitrogen and oxygen atoms in total. The number of rotatable bonds is 3. The fraction of sp³-hybridized carbons (Fsp3) is 0.214. The van der Waals surface area contributed by atoms with Gasteiger partial charge < -0.3 is 9.15 Å². The van der Waals surface area contributed by atoms with Crippen molar-refractivity contribution < 1.29 is 13.9 Å². The van der Waals surface area contributed by atoms with Gasteiger partial charge in [-0.05, 0) is 19.1 Å². The lowest BCUT2D eigenvalue weighted by Crippen LogP contribution is -2.22. The van der Waals surface area contributed by atoms with Gasteiger partial charge in [-0.3, -0.25) is 4.79 Å². The van der Waals surface area contributed by atoms with Crippen LogP contribution in [0.1, 0.15) is 12.5 Å². The highest BCUT2D eigenvalue weighted by Gasteiger charge is 2.08. The van der Waals surface area contributed by atoms with E-state index in [-0.39, 0.29) is 17.6 Å². The maximum absolute atomic E-state index is 12.2. The van der Waals surface area contributed by atoms with E-state index in [0.29, 0.717) is 11.0 Å². The van der Waals surface area contributed by atoms with E-state index in [9.17, 15) is 9.59 Å². The Morgan fingerprint density at radius 2 is 2.20 bits per heavy atom. The quantitative estimate of drug-likeness (QED) is 0.635. The molecule has 0 N–H and O–H groups in total. The number of hydrogen-bond acceptors (Lipinski definition) is 5. The molecule has 1 aromatic carbocycles. The number of fused-ring (bicyclic) bond motifs is 1. The molecular weight excluding hydrogens is 260 g/mol. The number of ether oxygens (including phenoxy) is 1. The van der Waals surface area contributed by atoms with Crippen molar-refractivity contribution in [1.29, 1.82) is 0 Å². The molecule has 2 rings (SSSR count). The van der Waals surface area contributed by atoms with Crippen LogP contribution < -0.4 is 5.43 Å². The topological polar surface area (TPSA) is 72.1 Å². The summed E-state index contributed by atoms with van der Waals surface area (Å²) in [5.74, 6) is 0. The van der Waals surface area contributed by atoms with E-state index >= 15 is 0 Å². The second-order valence-corrected chi connectivity index (χ2v) is 3.98. The number of hydrazone groups is 1. The molecule has 0 aliphatic rings. The molecule has 0 aliphatic carbocycles. The monoisotopic (exact) mass is 274 g/mol. The Balaban J connectivity index is 2.28. The van der Waals surface area contributed by atoms with E-state index in [4.69, 9.17) is 9.15 Å². The smallest absolute Gasteiger partial charge is 0.430 e. The van der Waals surface area contributed by atoms with Gasteiger partial charge in [-0.15, -0.1) is 0 Å². The van der Waals surface area contributed by atoms with Gasteiger partial charge in [-0.2, -0.15) is 5.10 Å². The summed E-state index contributed by atoms with van der Waals surface area (Å²) in [4.78, 5) is 23.5. The first-order valence-electron chi connectivity index (χ1n) is 6.08.